The highest BCUT2D eigenvalue weighted by Crippen LogP contribution is 2.48. The summed E-state index contributed by atoms with van der Waals surface area (Å²) in [7, 11) is 3.25. The van der Waals surface area contributed by atoms with E-state index in [1.54, 1.807) is 47.3 Å². The molecular weight excluding hydrogens is 582 g/mol. The van der Waals surface area contributed by atoms with E-state index in [2.05, 4.69) is 9.72 Å². The number of aromatic nitrogens is 1. The summed E-state index contributed by atoms with van der Waals surface area (Å²) in [4.78, 5) is 37.3. The van der Waals surface area contributed by atoms with Crippen LogP contribution >= 0.6 is 0 Å². The Morgan fingerprint density at radius 3 is 2.29 bits per heavy atom. The van der Waals surface area contributed by atoms with Gasteiger partial charge in [-0.15, -0.1) is 0 Å². The van der Waals surface area contributed by atoms with E-state index in [4.69, 9.17) is 19.3 Å². The van der Waals surface area contributed by atoms with Crippen LogP contribution in [0.2, 0.25) is 0 Å². The van der Waals surface area contributed by atoms with E-state index in [1.807, 2.05) is 39.0 Å². The number of carboxylic acid groups (broad SMARTS) is 1. The number of carboxylic acids is 1. The minimum Gasteiger partial charge on any atom is -0.477 e. The number of H-pyrrole nitrogens is 1. The van der Waals surface area contributed by atoms with Crippen LogP contribution in [0.15, 0.2) is 53.3 Å². The number of ether oxygens (including phenoxy) is 4. The highest BCUT2D eigenvalue weighted by Gasteiger charge is 2.49. The summed E-state index contributed by atoms with van der Waals surface area (Å²) in [6.07, 6.45) is 6.17. The molecule has 0 fully saturated rings. The van der Waals surface area contributed by atoms with Gasteiger partial charge in [0.05, 0.1) is 12.2 Å². The quantitative estimate of drug-likeness (QED) is 0.233. The van der Waals surface area contributed by atoms with Gasteiger partial charge in [0.15, 0.2) is 0 Å². The Hall–Kier alpha value is -3.41. The van der Waals surface area contributed by atoms with Crippen molar-refractivity contribution >= 4 is 18.1 Å². The van der Waals surface area contributed by atoms with E-state index in [0.29, 0.717) is 17.6 Å². The second-order valence-electron chi connectivity index (χ2n) is 11.9. The average molecular weight is 636 g/mol. The maximum Gasteiger partial charge on any atom is 0.508 e. The third kappa shape index (κ3) is 10.3. The van der Waals surface area contributed by atoms with Crippen molar-refractivity contribution in [3.8, 4) is 0 Å². The number of esters is 1. The van der Waals surface area contributed by atoms with Gasteiger partial charge in [0.25, 0.3) is 0 Å². The molecule has 0 bridgehead atoms. The minimum atomic E-state index is -1.38. The molecule has 4 N–H and O–H groups in total. The number of aromatic carboxylic acids is 1. The van der Waals surface area contributed by atoms with Gasteiger partial charge in [-0.2, -0.15) is 0 Å². The second kappa shape index (κ2) is 17.9. The lowest BCUT2D eigenvalue weighted by Crippen LogP contribution is -2.50. The first kappa shape index (κ1) is 39.6. The summed E-state index contributed by atoms with van der Waals surface area (Å²) >= 11 is 0. The minimum absolute atomic E-state index is 0. The van der Waals surface area contributed by atoms with Gasteiger partial charge in [-0.3, -0.25) is 4.79 Å². The number of fused-ring (bicyclic) bond motifs is 2. The summed E-state index contributed by atoms with van der Waals surface area (Å²) in [6.45, 7) is 10.8. The zero-order valence-electron chi connectivity index (χ0n) is 27.0. The van der Waals surface area contributed by atoms with Crippen LogP contribution in [-0.4, -0.2) is 82.6 Å². The second-order valence-corrected chi connectivity index (χ2v) is 11.9. The number of aromatic amines is 1. The van der Waals surface area contributed by atoms with E-state index in [1.165, 1.54) is 6.07 Å². The first-order valence-corrected chi connectivity index (χ1v) is 15.0. The monoisotopic (exact) mass is 635 g/mol. The van der Waals surface area contributed by atoms with Gasteiger partial charge < -0.3 is 39.3 Å². The number of hydrogen-bond acceptors (Lipinski definition) is 9. The van der Waals surface area contributed by atoms with Gasteiger partial charge in [0.2, 0.25) is 0 Å². The molecule has 254 valence electrons. The number of carbonyl (C=O) groups excluding carboxylic acids is 2. The van der Waals surface area contributed by atoms with E-state index < -0.39 is 42.0 Å². The highest BCUT2D eigenvalue weighted by molar-refractivity contribution is 5.85. The molecular formula is C34H53NO10. The molecule has 3 aliphatic rings. The van der Waals surface area contributed by atoms with Crippen LogP contribution < -0.4 is 0 Å². The van der Waals surface area contributed by atoms with Gasteiger partial charge >= 0.3 is 18.1 Å². The highest BCUT2D eigenvalue weighted by atomic mass is 16.7. The smallest absolute Gasteiger partial charge is 0.477 e. The number of aliphatic hydroxyl groups is 2. The summed E-state index contributed by atoms with van der Waals surface area (Å²) in [6, 6.07) is 3.14. The molecule has 0 saturated carbocycles. The molecule has 5 unspecified atom stereocenters. The van der Waals surface area contributed by atoms with E-state index in [9.17, 15) is 24.6 Å². The topological polar surface area (TPSA) is 165 Å². The Kier molecular flexibility index (Phi) is 15.8. The van der Waals surface area contributed by atoms with Gasteiger partial charge in [0.1, 0.15) is 23.5 Å². The molecule has 1 aliphatic heterocycles. The van der Waals surface area contributed by atoms with Crippen molar-refractivity contribution in [1.82, 2.24) is 4.98 Å². The lowest BCUT2D eigenvalue weighted by atomic mass is 9.63. The zero-order chi connectivity index (χ0) is 33.2. The lowest BCUT2D eigenvalue weighted by Gasteiger charge is -2.47. The molecule has 45 heavy (non-hydrogen) atoms. The molecule has 1 aromatic rings. The molecule has 11 nitrogen and oxygen atoms in total. The number of hydrogen-bond donors (Lipinski definition) is 4. The van der Waals surface area contributed by atoms with E-state index in [-0.39, 0.29) is 43.4 Å². The Balaban J connectivity index is 0.000000716. The fourth-order valence-corrected chi connectivity index (χ4v) is 5.81. The summed E-state index contributed by atoms with van der Waals surface area (Å²) in [5.41, 5.74) is 1.18. The number of allylic oxidation sites excluding steroid dienone is 2. The maximum atomic E-state index is 12.7. The van der Waals surface area contributed by atoms with Crippen LogP contribution in [0.1, 0.15) is 85.1 Å². The molecule has 2 heterocycles. The third-order valence-corrected chi connectivity index (χ3v) is 7.99. The van der Waals surface area contributed by atoms with Crippen LogP contribution in [0.3, 0.4) is 0 Å². The molecule has 2 aliphatic carbocycles. The molecule has 4 rings (SSSR count). The normalized spacial score (nSPS) is 29.4. The number of rotatable bonds is 4. The molecule has 1 aromatic heterocycles. The van der Waals surface area contributed by atoms with Crippen LogP contribution in [0.25, 0.3) is 0 Å². The van der Waals surface area contributed by atoms with Gasteiger partial charge in [-0.05, 0) is 81.7 Å². The van der Waals surface area contributed by atoms with Crippen LogP contribution in [0.4, 0.5) is 4.79 Å². The summed E-state index contributed by atoms with van der Waals surface area (Å²) in [5.74, 6) is -2.00. The van der Waals surface area contributed by atoms with Crippen molar-refractivity contribution in [3.05, 3.63) is 59.0 Å². The Morgan fingerprint density at radius 2 is 1.76 bits per heavy atom. The number of methoxy groups -OCH3 is 1. The van der Waals surface area contributed by atoms with Crippen molar-refractivity contribution in [2.45, 2.75) is 105 Å². The van der Waals surface area contributed by atoms with Crippen molar-refractivity contribution in [3.63, 3.8) is 0 Å². The van der Waals surface area contributed by atoms with Gasteiger partial charge in [-0.1, -0.05) is 39.5 Å². The first-order chi connectivity index (χ1) is 20.7. The van der Waals surface area contributed by atoms with Crippen molar-refractivity contribution in [2.24, 2.45) is 17.8 Å². The molecule has 7 atom stereocenters. The number of carbonyl (C=O) groups is 3. The van der Waals surface area contributed by atoms with Crippen molar-refractivity contribution in [2.75, 3.05) is 14.2 Å². The molecule has 0 aromatic carbocycles. The van der Waals surface area contributed by atoms with Crippen molar-refractivity contribution in [1.29, 1.82) is 0 Å². The molecule has 0 spiro atoms. The number of aliphatic hydroxyl groups excluding tert-OH is 1. The first-order valence-electron chi connectivity index (χ1n) is 15.0. The van der Waals surface area contributed by atoms with Crippen LogP contribution in [-0.2, 0) is 23.7 Å². The number of nitrogens with one attached hydrogen (secondary N) is 1. The molecule has 11 heteroatoms. The Labute approximate surface area is 267 Å². The zero-order valence-corrected chi connectivity index (χ0v) is 27.0. The predicted molar refractivity (Wildman–Crippen MR) is 171 cm³/mol. The third-order valence-electron chi connectivity index (χ3n) is 7.99. The van der Waals surface area contributed by atoms with Crippen LogP contribution in [0, 0.1) is 17.8 Å². The van der Waals surface area contributed by atoms with Crippen LogP contribution in [0.5, 0.6) is 0 Å². The fourth-order valence-electron chi connectivity index (χ4n) is 5.81. The maximum absolute atomic E-state index is 12.7. The Morgan fingerprint density at radius 1 is 1.11 bits per heavy atom. The standard InChI is InChI=1S/C26H38O7.C5H5NO2.C2H6O.CH4/c1-14(2)31-25(29)32-18(6)24-16(4)13-17(5)26(30)20(11-12-21(27)33-24)10-9-19-8-7-15(3)23(28)22(19)26;7-5(8)4-2-1-3-6-4;1-3-2;/h9-10,13-16,18,20,23-24,28,30H,7-8,11-12H2,1-6H3;1-3,6H,(H,7,8);1-2H3;1H4/b17-13+;;;/t15-,16?,18?,20?,23+,24?,26?;;;/m0.../s1. The summed E-state index contributed by atoms with van der Waals surface area (Å²) in [5, 5.41) is 31.5. The number of cyclic esters (lactones) is 1. The van der Waals surface area contributed by atoms with Crippen molar-refractivity contribution < 1.29 is 48.7 Å². The van der Waals surface area contributed by atoms with Gasteiger partial charge in [0, 0.05) is 38.7 Å². The summed E-state index contributed by atoms with van der Waals surface area (Å²) < 4.78 is 20.4. The lowest BCUT2D eigenvalue weighted by molar-refractivity contribution is -0.159. The average Bonchev–Trinajstić information content (AvgIpc) is 3.48. The largest absolute Gasteiger partial charge is 0.508 e. The van der Waals surface area contributed by atoms with Gasteiger partial charge in [-0.25, -0.2) is 9.59 Å². The molecule has 0 amide bonds. The SMILES string of the molecule is C.C/C1=C\C(C)C(C(C)OC(=O)OC(C)C)OC(=O)CCC2C=CC3=C([C@H](O)[C@@H](C)CC3)C12O.COC.O=C(O)c1ccc[nH]1. The van der Waals surface area contributed by atoms with E-state index in [0.717, 1.165) is 18.4 Å². The van der Waals surface area contributed by atoms with E-state index >= 15 is 0 Å². The fraction of sp³-hybridized carbons (Fsp3) is 0.618. The Bertz CT molecular complexity index is 1200. The predicted octanol–water partition coefficient (Wildman–Crippen LogP) is 5.84. The molecule has 0 saturated heterocycles. The molecule has 0 radical (unpaired) electrons.